The van der Waals surface area contributed by atoms with Crippen LogP contribution in [0, 0.1) is 38.2 Å². The number of piperidine rings is 1. The van der Waals surface area contributed by atoms with Crippen LogP contribution in [-0.4, -0.2) is 27.8 Å². The molecule has 1 amide bonds. The van der Waals surface area contributed by atoms with Gasteiger partial charge in [0.1, 0.15) is 5.54 Å². The molecule has 0 spiro atoms. The molecule has 4 atom stereocenters. The third-order valence-electron chi connectivity index (χ3n) is 7.29. The monoisotopic (exact) mass is 325 g/mol. The largest absolute Gasteiger partial charge is 0.319 e. The number of rotatable bonds is 2. The van der Waals surface area contributed by atoms with Crippen molar-refractivity contribution in [1.29, 1.82) is 5.26 Å². The number of amides is 1. The molecule has 1 aliphatic heterocycles. The number of nitro benzene ring substituents is 1. The van der Waals surface area contributed by atoms with Gasteiger partial charge in [-0.3, -0.25) is 14.9 Å². The van der Waals surface area contributed by atoms with Crippen molar-refractivity contribution in [3.05, 3.63) is 39.9 Å². The second kappa shape index (κ2) is 4.35. The lowest BCUT2D eigenvalue weighted by molar-refractivity contribution is -0.384. The zero-order valence-corrected chi connectivity index (χ0v) is 13.8. The molecule has 2 aliphatic carbocycles. The maximum absolute atomic E-state index is 13.1. The molecule has 1 heterocycles. The third kappa shape index (κ3) is 1.44. The predicted octanol–water partition coefficient (Wildman–Crippen LogP) is 3.14. The van der Waals surface area contributed by atoms with E-state index in [1.807, 2.05) is 0 Å². The number of hydrogen-bond acceptors (Lipinski definition) is 4. The van der Waals surface area contributed by atoms with E-state index in [0.29, 0.717) is 12.5 Å². The van der Waals surface area contributed by atoms with Gasteiger partial charge in [0, 0.05) is 29.7 Å². The number of hydrogen-bond donors (Lipinski definition) is 0. The fourth-order valence-electron chi connectivity index (χ4n) is 5.66. The first-order valence-electron chi connectivity index (χ1n) is 8.27. The minimum Gasteiger partial charge on any atom is -0.319 e. The molecule has 3 fully saturated rings. The maximum atomic E-state index is 13.1. The number of carbonyl (C=O) groups excluding carboxylic acids is 1. The average molecular weight is 325 g/mol. The highest BCUT2D eigenvalue weighted by molar-refractivity contribution is 5.96. The van der Waals surface area contributed by atoms with E-state index in [9.17, 15) is 20.2 Å². The van der Waals surface area contributed by atoms with Gasteiger partial charge in [0.15, 0.2) is 0 Å². The van der Waals surface area contributed by atoms with Gasteiger partial charge >= 0.3 is 0 Å². The smallest absolute Gasteiger partial charge is 0.270 e. The van der Waals surface area contributed by atoms with Gasteiger partial charge in [-0.15, -0.1) is 0 Å². The van der Waals surface area contributed by atoms with E-state index < -0.39 is 10.5 Å². The summed E-state index contributed by atoms with van der Waals surface area (Å²) in [7, 11) is 0. The minimum absolute atomic E-state index is 0.0426. The Hall–Kier alpha value is -2.42. The van der Waals surface area contributed by atoms with Crippen LogP contribution in [0.3, 0.4) is 0 Å². The molecular formula is C18H19N3O3. The van der Waals surface area contributed by atoms with Crippen LogP contribution in [0.15, 0.2) is 24.3 Å². The number of nitro groups is 1. The van der Waals surface area contributed by atoms with Gasteiger partial charge in [-0.25, -0.2) is 0 Å². The van der Waals surface area contributed by atoms with Gasteiger partial charge in [-0.2, -0.15) is 5.26 Å². The quantitative estimate of drug-likeness (QED) is 0.617. The second-order valence-electron chi connectivity index (χ2n) is 7.86. The van der Waals surface area contributed by atoms with Gasteiger partial charge in [-0.05, 0) is 36.7 Å². The van der Waals surface area contributed by atoms with Crippen molar-refractivity contribution >= 4 is 11.6 Å². The molecule has 4 bridgehead atoms. The normalized spacial score (nSPS) is 39.0. The van der Waals surface area contributed by atoms with Crippen LogP contribution in [0.1, 0.15) is 43.5 Å². The maximum Gasteiger partial charge on any atom is 0.270 e. The molecule has 4 rings (SSSR count). The lowest BCUT2D eigenvalue weighted by Gasteiger charge is -2.43. The zero-order chi connectivity index (χ0) is 17.3. The van der Waals surface area contributed by atoms with Crippen molar-refractivity contribution < 1.29 is 9.72 Å². The molecule has 1 aromatic rings. The van der Waals surface area contributed by atoms with E-state index in [1.165, 1.54) is 18.2 Å². The Bertz CT molecular complexity index is 816. The van der Waals surface area contributed by atoms with Gasteiger partial charge in [0.05, 0.1) is 11.0 Å². The summed E-state index contributed by atoms with van der Waals surface area (Å²) < 4.78 is 0. The fourth-order valence-corrected chi connectivity index (χ4v) is 5.66. The minimum atomic E-state index is -0.785. The molecule has 0 unspecified atom stereocenters. The molecule has 0 N–H and O–H groups in total. The van der Waals surface area contributed by atoms with E-state index in [0.717, 1.165) is 19.3 Å². The topological polar surface area (TPSA) is 87.2 Å². The number of carbonyl (C=O) groups is 1. The van der Waals surface area contributed by atoms with Crippen molar-refractivity contribution in [2.75, 3.05) is 6.54 Å². The summed E-state index contributed by atoms with van der Waals surface area (Å²) in [5.74, 6) is 0.215. The first-order chi connectivity index (χ1) is 11.3. The van der Waals surface area contributed by atoms with Crippen LogP contribution < -0.4 is 0 Å². The van der Waals surface area contributed by atoms with Gasteiger partial charge in [-0.1, -0.05) is 19.9 Å². The summed E-state index contributed by atoms with van der Waals surface area (Å²) >= 11 is 0. The Morgan fingerprint density at radius 2 is 2.21 bits per heavy atom. The van der Waals surface area contributed by atoms with Gasteiger partial charge < -0.3 is 4.90 Å². The SMILES string of the molecule is C[C@@]12CC[C@H]3C[C@]1(C#N)N(C(=O)c1cccc([N+](=O)[O-])c1)C[C@]32C. The highest BCUT2D eigenvalue weighted by Crippen LogP contribution is 2.75. The van der Waals surface area contributed by atoms with Crippen LogP contribution in [-0.2, 0) is 0 Å². The van der Waals surface area contributed by atoms with Gasteiger partial charge in [0.2, 0.25) is 0 Å². The Morgan fingerprint density at radius 3 is 2.83 bits per heavy atom. The first kappa shape index (κ1) is 15.1. The third-order valence-corrected chi connectivity index (χ3v) is 7.29. The van der Waals surface area contributed by atoms with Gasteiger partial charge in [0.25, 0.3) is 11.6 Å². The average Bonchev–Trinajstić information content (AvgIpc) is 3.03. The highest BCUT2D eigenvalue weighted by atomic mass is 16.6. The zero-order valence-electron chi connectivity index (χ0n) is 13.8. The summed E-state index contributed by atoms with van der Waals surface area (Å²) in [4.78, 5) is 25.3. The summed E-state index contributed by atoms with van der Waals surface area (Å²) in [6, 6.07) is 8.27. The lowest BCUT2D eigenvalue weighted by atomic mass is 9.66. The Balaban J connectivity index is 1.77. The van der Waals surface area contributed by atoms with Crippen LogP contribution in [0.5, 0.6) is 0 Å². The number of likely N-dealkylation sites (tertiary alicyclic amines) is 1. The Labute approximate surface area is 140 Å². The van der Waals surface area contributed by atoms with Crippen LogP contribution >= 0.6 is 0 Å². The van der Waals surface area contributed by atoms with Crippen LogP contribution in [0.2, 0.25) is 0 Å². The lowest BCUT2D eigenvalue weighted by Crippen LogP contribution is -2.54. The molecule has 0 radical (unpaired) electrons. The van der Waals surface area contributed by atoms with Crippen LogP contribution in [0.4, 0.5) is 5.69 Å². The molecule has 6 heteroatoms. The number of nitrogens with zero attached hydrogens (tertiary/aromatic N) is 3. The van der Waals surface area contributed by atoms with Crippen molar-refractivity contribution in [2.24, 2.45) is 16.7 Å². The number of non-ortho nitro benzene ring substituents is 1. The number of nitriles is 1. The van der Waals surface area contributed by atoms with E-state index >= 15 is 0 Å². The highest BCUT2D eigenvalue weighted by Gasteiger charge is 2.78. The standard InChI is InChI=1S/C18H19N3O3/c1-16-11-20(15(22)12-4-3-5-14(8-12)21(23)24)18(10-19)9-13(16)6-7-17(16,18)2/h3-5,8,13H,6-7,9,11H2,1-2H3/t13-,16+,17-,18+/m0/s1. The molecule has 0 aromatic heterocycles. The summed E-state index contributed by atoms with van der Waals surface area (Å²) in [6.45, 7) is 4.90. The fraction of sp³-hybridized carbons (Fsp3) is 0.556. The van der Waals surface area contributed by atoms with Crippen LogP contribution in [0.25, 0.3) is 0 Å². The summed E-state index contributed by atoms with van der Waals surface area (Å²) in [6.07, 6.45) is 2.80. The molecule has 1 saturated heterocycles. The molecule has 6 nitrogen and oxygen atoms in total. The molecule has 24 heavy (non-hydrogen) atoms. The van der Waals surface area contributed by atoms with E-state index in [2.05, 4.69) is 19.9 Å². The summed E-state index contributed by atoms with van der Waals surface area (Å²) in [5, 5.41) is 21.0. The molecule has 124 valence electrons. The van der Waals surface area contributed by atoms with E-state index in [1.54, 1.807) is 11.0 Å². The first-order valence-corrected chi connectivity index (χ1v) is 8.27. The van der Waals surface area contributed by atoms with Crippen molar-refractivity contribution in [3.8, 4) is 6.07 Å². The Kier molecular flexibility index (Phi) is 2.74. The molecule has 3 aliphatic rings. The van der Waals surface area contributed by atoms with E-state index in [4.69, 9.17) is 0 Å². The molecule has 1 aromatic carbocycles. The van der Waals surface area contributed by atoms with Crippen molar-refractivity contribution in [2.45, 2.75) is 38.6 Å². The van der Waals surface area contributed by atoms with E-state index in [-0.39, 0.29) is 28.0 Å². The molecular weight excluding hydrogens is 306 g/mol. The molecule has 2 saturated carbocycles. The predicted molar refractivity (Wildman–Crippen MR) is 86.0 cm³/mol. The van der Waals surface area contributed by atoms with Crippen molar-refractivity contribution in [1.82, 2.24) is 4.90 Å². The second-order valence-corrected chi connectivity index (χ2v) is 7.86. The number of benzene rings is 1. The summed E-state index contributed by atoms with van der Waals surface area (Å²) in [5.41, 5.74) is -0.842. The van der Waals surface area contributed by atoms with Crippen molar-refractivity contribution in [3.63, 3.8) is 0 Å². The Morgan fingerprint density at radius 1 is 1.46 bits per heavy atom.